The van der Waals surface area contributed by atoms with Crippen LogP contribution in [0.5, 0.6) is 0 Å². The van der Waals surface area contributed by atoms with Gasteiger partial charge in [0.05, 0.1) is 27.2 Å². The standard InChI is InChI=1S/C30H64NO4P/c1-5-7-9-11-13-14-15-16-17-18-19-20-21-22-23-25-27-31(3,4)28-30-35-36(32,33)34-29-26-24-12-10-8-6-2/h5-30H2,1-4H3/p+1. The number of likely N-dealkylation sites (N-methyl/N-ethyl adjacent to an activating group) is 1. The Morgan fingerprint density at radius 2 is 0.833 bits per heavy atom. The molecule has 0 radical (unpaired) electrons. The Morgan fingerprint density at radius 3 is 1.25 bits per heavy atom. The lowest BCUT2D eigenvalue weighted by Crippen LogP contribution is -2.42. The third kappa shape index (κ3) is 27.1. The molecule has 0 amide bonds. The molecule has 0 aromatic rings. The van der Waals surface area contributed by atoms with Crippen molar-refractivity contribution in [1.29, 1.82) is 0 Å². The fourth-order valence-electron chi connectivity index (χ4n) is 4.70. The van der Waals surface area contributed by atoms with Gasteiger partial charge in [-0.25, -0.2) is 4.57 Å². The van der Waals surface area contributed by atoms with E-state index in [0.29, 0.717) is 6.61 Å². The number of unbranched alkanes of at least 4 members (excludes halogenated alkanes) is 20. The molecule has 6 heteroatoms. The maximum Gasteiger partial charge on any atom is 0.472 e. The fraction of sp³-hybridized carbons (Fsp3) is 1.00. The van der Waals surface area contributed by atoms with Gasteiger partial charge in [-0.1, -0.05) is 136 Å². The first-order valence-electron chi connectivity index (χ1n) is 15.8. The number of quaternary nitrogens is 1. The van der Waals surface area contributed by atoms with Crippen LogP contribution >= 0.6 is 7.82 Å². The highest BCUT2D eigenvalue weighted by Gasteiger charge is 2.23. The Morgan fingerprint density at radius 1 is 0.500 bits per heavy atom. The first-order chi connectivity index (χ1) is 17.3. The van der Waals surface area contributed by atoms with Crippen LogP contribution in [0.3, 0.4) is 0 Å². The maximum absolute atomic E-state index is 12.1. The monoisotopic (exact) mass is 534 g/mol. The van der Waals surface area contributed by atoms with E-state index in [-0.39, 0.29) is 6.61 Å². The zero-order valence-electron chi connectivity index (χ0n) is 25.0. The quantitative estimate of drug-likeness (QED) is 0.0589. The number of phosphoric ester groups is 1. The molecule has 0 aliphatic heterocycles. The predicted molar refractivity (Wildman–Crippen MR) is 156 cm³/mol. The second-order valence-electron chi connectivity index (χ2n) is 11.6. The molecule has 0 bridgehead atoms. The molecule has 0 aromatic carbocycles. The van der Waals surface area contributed by atoms with Gasteiger partial charge in [0.2, 0.25) is 0 Å². The van der Waals surface area contributed by atoms with E-state index in [4.69, 9.17) is 9.05 Å². The molecule has 0 aliphatic carbocycles. The van der Waals surface area contributed by atoms with Crippen molar-refractivity contribution >= 4 is 7.82 Å². The summed E-state index contributed by atoms with van der Waals surface area (Å²) < 4.78 is 23.2. The minimum Gasteiger partial charge on any atom is -0.327 e. The summed E-state index contributed by atoms with van der Waals surface area (Å²) in [4.78, 5) is 9.88. The van der Waals surface area contributed by atoms with Crippen LogP contribution in [0.1, 0.15) is 155 Å². The van der Waals surface area contributed by atoms with Crippen LogP contribution in [0.25, 0.3) is 0 Å². The van der Waals surface area contributed by atoms with Crippen LogP contribution in [0.2, 0.25) is 0 Å². The van der Waals surface area contributed by atoms with Gasteiger partial charge in [-0.3, -0.25) is 9.05 Å². The normalized spacial score (nSPS) is 13.8. The van der Waals surface area contributed by atoms with Gasteiger partial charge in [-0.2, -0.15) is 0 Å². The van der Waals surface area contributed by atoms with Crippen LogP contribution in [-0.4, -0.2) is 49.8 Å². The van der Waals surface area contributed by atoms with E-state index in [1.165, 1.54) is 128 Å². The van der Waals surface area contributed by atoms with Gasteiger partial charge in [0.25, 0.3) is 0 Å². The van der Waals surface area contributed by atoms with E-state index in [2.05, 4.69) is 27.9 Å². The van der Waals surface area contributed by atoms with Crippen LogP contribution in [0.4, 0.5) is 0 Å². The van der Waals surface area contributed by atoms with Crippen LogP contribution in [0.15, 0.2) is 0 Å². The highest BCUT2D eigenvalue weighted by molar-refractivity contribution is 7.47. The summed E-state index contributed by atoms with van der Waals surface area (Å²) in [5.41, 5.74) is 0. The van der Waals surface area contributed by atoms with Gasteiger partial charge in [0, 0.05) is 0 Å². The lowest BCUT2D eigenvalue weighted by molar-refractivity contribution is -0.890. The summed E-state index contributed by atoms with van der Waals surface area (Å²) in [6.07, 6.45) is 28.9. The third-order valence-electron chi connectivity index (χ3n) is 7.32. The lowest BCUT2D eigenvalue weighted by Gasteiger charge is -2.29. The Bertz CT molecular complexity index is 501. The molecule has 0 saturated heterocycles. The summed E-state index contributed by atoms with van der Waals surface area (Å²) in [7, 11) is 0.435. The molecule has 1 unspecified atom stereocenters. The van der Waals surface area contributed by atoms with Crippen molar-refractivity contribution in [2.24, 2.45) is 0 Å². The van der Waals surface area contributed by atoms with Crippen LogP contribution < -0.4 is 0 Å². The van der Waals surface area contributed by atoms with Crippen molar-refractivity contribution in [1.82, 2.24) is 0 Å². The van der Waals surface area contributed by atoms with E-state index >= 15 is 0 Å². The molecule has 0 heterocycles. The number of hydrogen-bond acceptors (Lipinski definition) is 3. The number of nitrogens with zero attached hydrogens (tertiary/aromatic N) is 1. The van der Waals surface area contributed by atoms with Gasteiger partial charge in [0.1, 0.15) is 13.2 Å². The molecule has 5 nitrogen and oxygen atoms in total. The van der Waals surface area contributed by atoms with Crippen LogP contribution in [-0.2, 0) is 13.6 Å². The van der Waals surface area contributed by atoms with Gasteiger partial charge in [-0.15, -0.1) is 0 Å². The number of phosphoric acid groups is 1. The minimum atomic E-state index is -3.91. The summed E-state index contributed by atoms with van der Waals surface area (Å²) in [5, 5.41) is 0. The molecular weight excluding hydrogens is 469 g/mol. The van der Waals surface area contributed by atoms with Crippen LogP contribution in [0, 0.1) is 0 Å². The fourth-order valence-corrected chi connectivity index (χ4v) is 5.45. The summed E-state index contributed by atoms with van der Waals surface area (Å²) in [6.45, 7) is 6.85. The second-order valence-corrected chi connectivity index (χ2v) is 13.0. The smallest absolute Gasteiger partial charge is 0.327 e. The van der Waals surface area contributed by atoms with Crippen molar-refractivity contribution in [3.63, 3.8) is 0 Å². The average molecular weight is 535 g/mol. The Kier molecular flexibility index (Phi) is 25.4. The summed E-state index contributed by atoms with van der Waals surface area (Å²) >= 11 is 0. The van der Waals surface area contributed by atoms with Gasteiger partial charge >= 0.3 is 7.82 Å². The molecule has 0 saturated carbocycles. The molecular formula is C30H65NO4P+. The van der Waals surface area contributed by atoms with E-state index in [0.717, 1.165) is 30.4 Å². The Labute approximate surface area is 226 Å². The van der Waals surface area contributed by atoms with Crippen molar-refractivity contribution in [2.45, 2.75) is 155 Å². The topological polar surface area (TPSA) is 55.8 Å². The SMILES string of the molecule is CCCCCCCCCCCCCCCCCC[N+](C)(C)CCOP(=O)(O)OCCCCCCCC. The molecule has 36 heavy (non-hydrogen) atoms. The Hall–Kier alpha value is 0.0700. The van der Waals surface area contributed by atoms with E-state index in [1.54, 1.807) is 0 Å². The van der Waals surface area contributed by atoms with E-state index < -0.39 is 7.82 Å². The molecule has 0 spiro atoms. The minimum absolute atomic E-state index is 0.260. The summed E-state index contributed by atoms with van der Waals surface area (Å²) in [5.74, 6) is 0. The van der Waals surface area contributed by atoms with Crippen molar-refractivity contribution < 1.29 is 23.0 Å². The van der Waals surface area contributed by atoms with E-state index in [9.17, 15) is 9.46 Å². The van der Waals surface area contributed by atoms with Crippen molar-refractivity contribution in [3.05, 3.63) is 0 Å². The molecule has 0 rings (SSSR count). The lowest BCUT2D eigenvalue weighted by atomic mass is 10.0. The van der Waals surface area contributed by atoms with Gasteiger partial charge in [0.15, 0.2) is 0 Å². The second kappa shape index (κ2) is 25.4. The first kappa shape index (κ1) is 36.1. The zero-order valence-corrected chi connectivity index (χ0v) is 25.8. The average Bonchev–Trinajstić information content (AvgIpc) is 2.83. The molecule has 0 aliphatic rings. The molecule has 1 N–H and O–H groups in total. The van der Waals surface area contributed by atoms with Crippen molar-refractivity contribution in [2.75, 3.05) is 40.4 Å². The summed E-state index contributed by atoms with van der Waals surface area (Å²) in [6, 6.07) is 0. The molecule has 1 atom stereocenters. The van der Waals surface area contributed by atoms with Gasteiger partial charge < -0.3 is 9.38 Å². The zero-order chi connectivity index (χ0) is 26.8. The predicted octanol–water partition coefficient (Wildman–Crippen LogP) is 9.82. The van der Waals surface area contributed by atoms with Gasteiger partial charge in [-0.05, 0) is 19.3 Å². The van der Waals surface area contributed by atoms with Crippen molar-refractivity contribution in [3.8, 4) is 0 Å². The molecule has 0 aromatic heterocycles. The first-order valence-corrected chi connectivity index (χ1v) is 17.3. The molecule has 0 fully saturated rings. The number of rotatable bonds is 29. The Balaban J connectivity index is 3.51. The largest absolute Gasteiger partial charge is 0.472 e. The van der Waals surface area contributed by atoms with E-state index in [1.807, 2.05) is 0 Å². The number of hydrogen-bond donors (Lipinski definition) is 1. The maximum atomic E-state index is 12.1. The molecule has 218 valence electrons. The highest BCUT2D eigenvalue weighted by atomic mass is 31.2. The third-order valence-corrected chi connectivity index (χ3v) is 8.34. The highest BCUT2D eigenvalue weighted by Crippen LogP contribution is 2.43.